The molecule has 3 aromatic rings. The van der Waals surface area contributed by atoms with E-state index in [4.69, 9.17) is 11.6 Å². The lowest BCUT2D eigenvalue weighted by Crippen LogP contribution is -2.29. The summed E-state index contributed by atoms with van der Waals surface area (Å²) >= 11 is 7.41. The Morgan fingerprint density at radius 3 is 2.75 bits per heavy atom. The molecule has 0 saturated heterocycles. The van der Waals surface area contributed by atoms with Crippen molar-refractivity contribution in [2.75, 3.05) is 5.75 Å². The van der Waals surface area contributed by atoms with E-state index in [2.05, 4.69) is 16.9 Å². The van der Waals surface area contributed by atoms with Crippen molar-refractivity contribution in [3.63, 3.8) is 0 Å². The number of fused-ring (bicyclic) bond motifs is 1. The molecule has 5 nitrogen and oxygen atoms in total. The van der Waals surface area contributed by atoms with Gasteiger partial charge in [0.1, 0.15) is 0 Å². The molecule has 0 fully saturated rings. The summed E-state index contributed by atoms with van der Waals surface area (Å²) in [5.41, 5.74) is 1.33. The SMILES string of the molecule is C=CCn1c(SCC(=O)N[C@H](C)c2ccccc2Cl)nc2ccccc2c1=O. The summed E-state index contributed by atoms with van der Waals surface area (Å²) in [6.45, 7) is 5.92. The first-order valence-electron chi connectivity index (χ1n) is 8.78. The van der Waals surface area contributed by atoms with Crippen molar-refractivity contribution in [3.8, 4) is 0 Å². The highest BCUT2D eigenvalue weighted by molar-refractivity contribution is 7.99. The number of nitrogens with one attached hydrogen (secondary N) is 1. The summed E-state index contributed by atoms with van der Waals surface area (Å²) in [4.78, 5) is 29.7. The molecule has 0 saturated carbocycles. The van der Waals surface area contributed by atoms with Crippen LogP contribution in [0.15, 0.2) is 71.1 Å². The van der Waals surface area contributed by atoms with Gasteiger partial charge in [0.15, 0.2) is 5.16 Å². The number of carbonyl (C=O) groups is 1. The molecule has 1 atom stereocenters. The highest BCUT2D eigenvalue weighted by Crippen LogP contribution is 2.23. The number of aromatic nitrogens is 2. The maximum absolute atomic E-state index is 12.7. The van der Waals surface area contributed by atoms with Crippen LogP contribution < -0.4 is 10.9 Å². The molecule has 0 unspecified atom stereocenters. The molecule has 3 rings (SSSR count). The molecule has 7 heteroatoms. The Hall–Kier alpha value is -2.57. The van der Waals surface area contributed by atoms with Crippen LogP contribution in [0.3, 0.4) is 0 Å². The summed E-state index contributed by atoms with van der Waals surface area (Å²) in [6, 6.07) is 14.4. The third kappa shape index (κ3) is 4.46. The van der Waals surface area contributed by atoms with E-state index in [1.165, 1.54) is 16.3 Å². The van der Waals surface area contributed by atoms with E-state index in [0.29, 0.717) is 27.6 Å². The Balaban J connectivity index is 1.76. The summed E-state index contributed by atoms with van der Waals surface area (Å²) in [6.07, 6.45) is 1.64. The topological polar surface area (TPSA) is 64.0 Å². The Morgan fingerprint density at radius 2 is 2.00 bits per heavy atom. The van der Waals surface area contributed by atoms with Gasteiger partial charge in [-0.05, 0) is 30.7 Å². The molecule has 1 aromatic heterocycles. The van der Waals surface area contributed by atoms with Crippen LogP contribution in [0.4, 0.5) is 0 Å². The van der Waals surface area contributed by atoms with Crippen LogP contribution in [0.1, 0.15) is 18.5 Å². The largest absolute Gasteiger partial charge is 0.349 e. The van der Waals surface area contributed by atoms with Crippen LogP contribution in [-0.2, 0) is 11.3 Å². The lowest BCUT2D eigenvalue weighted by Gasteiger charge is -2.16. The number of carbonyl (C=O) groups excluding carboxylic acids is 1. The van der Waals surface area contributed by atoms with Crippen molar-refractivity contribution < 1.29 is 4.79 Å². The number of hydrogen-bond acceptors (Lipinski definition) is 4. The zero-order valence-corrected chi connectivity index (χ0v) is 17.0. The molecule has 1 N–H and O–H groups in total. The van der Waals surface area contributed by atoms with E-state index in [0.717, 1.165) is 5.56 Å². The fourth-order valence-electron chi connectivity index (χ4n) is 2.87. The van der Waals surface area contributed by atoms with Crippen LogP contribution in [0.2, 0.25) is 5.02 Å². The molecule has 1 heterocycles. The second kappa shape index (κ2) is 9.08. The van der Waals surface area contributed by atoms with Gasteiger partial charge in [-0.2, -0.15) is 0 Å². The minimum atomic E-state index is -0.221. The number of allylic oxidation sites excluding steroid dienone is 1. The molecule has 0 aliphatic carbocycles. The minimum Gasteiger partial charge on any atom is -0.349 e. The Bertz CT molecular complexity index is 1080. The van der Waals surface area contributed by atoms with E-state index in [9.17, 15) is 9.59 Å². The lowest BCUT2D eigenvalue weighted by atomic mass is 10.1. The predicted molar refractivity (Wildman–Crippen MR) is 115 cm³/mol. The number of nitrogens with zero attached hydrogens (tertiary/aromatic N) is 2. The number of thioether (sulfide) groups is 1. The number of benzene rings is 2. The Kier molecular flexibility index (Phi) is 6.54. The third-order valence-electron chi connectivity index (χ3n) is 4.22. The van der Waals surface area contributed by atoms with E-state index in [1.807, 2.05) is 31.2 Å². The van der Waals surface area contributed by atoms with Gasteiger partial charge < -0.3 is 5.32 Å². The van der Waals surface area contributed by atoms with Crippen molar-refractivity contribution >= 4 is 40.2 Å². The van der Waals surface area contributed by atoms with Crippen LogP contribution in [0.5, 0.6) is 0 Å². The predicted octanol–water partition coefficient (Wildman–Crippen LogP) is 4.21. The standard InChI is InChI=1S/C21H20ClN3O2S/c1-3-12-25-20(27)16-9-5-7-11-18(16)24-21(25)28-13-19(26)23-14(2)15-8-4-6-10-17(15)22/h3-11,14H,1,12-13H2,2H3,(H,23,26)/t14-/m1/s1. The van der Waals surface area contributed by atoms with Gasteiger partial charge in [0.25, 0.3) is 5.56 Å². The minimum absolute atomic E-state index is 0.136. The van der Waals surface area contributed by atoms with E-state index in [1.54, 1.807) is 30.3 Å². The van der Waals surface area contributed by atoms with Gasteiger partial charge in [0.2, 0.25) is 5.91 Å². The summed E-state index contributed by atoms with van der Waals surface area (Å²) in [5.74, 6) is -0.0264. The summed E-state index contributed by atoms with van der Waals surface area (Å²) in [7, 11) is 0. The molecule has 1 amide bonds. The van der Waals surface area contributed by atoms with Crippen LogP contribution in [-0.4, -0.2) is 21.2 Å². The number of rotatable bonds is 7. The van der Waals surface area contributed by atoms with E-state index >= 15 is 0 Å². The van der Waals surface area contributed by atoms with Crippen molar-refractivity contribution in [1.29, 1.82) is 0 Å². The second-order valence-corrected chi connectivity index (χ2v) is 7.57. The number of para-hydroxylation sites is 1. The van der Waals surface area contributed by atoms with Crippen LogP contribution in [0, 0.1) is 0 Å². The molecule has 2 aromatic carbocycles. The smallest absolute Gasteiger partial charge is 0.262 e. The summed E-state index contributed by atoms with van der Waals surface area (Å²) < 4.78 is 1.53. The zero-order valence-electron chi connectivity index (χ0n) is 15.4. The van der Waals surface area contributed by atoms with Gasteiger partial charge in [-0.15, -0.1) is 6.58 Å². The second-order valence-electron chi connectivity index (χ2n) is 6.22. The number of hydrogen-bond donors (Lipinski definition) is 1. The maximum atomic E-state index is 12.7. The maximum Gasteiger partial charge on any atom is 0.262 e. The van der Waals surface area contributed by atoms with Crippen molar-refractivity contribution in [1.82, 2.24) is 14.9 Å². The average molecular weight is 414 g/mol. The Morgan fingerprint density at radius 1 is 1.29 bits per heavy atom. The first kappa shape index (κ1) is 20.2. The molecule has 0 radical (unpaired) electrons. The first-order chi connectivity index (χ1) is 13.5. The highest BCUT2D eigenvalue weighted by Gasteiger charge is 2.15. The van der Waals surface area contributed by atoms with Crippen molar-refractivity contribution in [3.05, 3.63) is 82.1 Å². The van der Waals surface area contributed by atoms with Gasteiger partial charge in [0.05, 0.1) is 22.7 Å². The zero-order chi connectivity index (χ0) is 20.1. The molecule has 0 bridgehead atoms. The molecule has 0 spiro atoms. The third-order valence-corrected chi connectivity index (χ3v) is 5.54. The molecule has 0 aliphatic rings. The first-order valence-corrected chi connectivity index (χ1v) is 10.1. The molecular formula is C21H20ClN3O2S. The van der Waals surface area contributed by atoms with Gasteiger partial charge >= 0.3 is 0 Å². The van der Waals surface area contributed by atoms with Gasteiger partial charge in [0, 0.05) is 11.6 Å². The quantitative estimate of drug-likeness (QED) is 0.358. The van der Waals surface area contributed by atoms with Gasteiger partial charge in [-0.3, -0.25) is 14.2 Å². The van der Waals surface area contributed by atoms with Crippen LogP contribution in [0.25, 0.3) is 10.9 Å². The van der Waals surface area contributed by atoms with E-state index < -0.39 is 0 Å². The van der Waals surface area contributed by atoms with Crippen molar-refractivity contribution in [2.45, 2.75) is 24.7 Å². The Labute approximate surface area is 172 Å². The molecule has 0 aliphatic heterocycles. The normalized spacial score (nSPS) is 11.9. The average Bonchev–Trinajstić information content (AvgIpc) is 2.69. The van der Waals surface area contributed by atoms with Crippen LogP contribution >= 0.6 is 23.4 Å². The summed E-state index contributed by atoms with van der Waals surface area (Å²) in [5, 5.41) is 4.58. The highest BCUT2D eigenvalue weighted by atomic mass is 35.5. The fourth-order valence-corrected chi connectivity index (χ4v) is 3.98. The molecule has 28 heavy (non-hydrogen) atoms. The van der Waals surface area contributed by atoms with Crippen molar-refractivity contribution in [2.24, 2.45) is 0 Å². The molecular weight excluding hydrogens is 394 g/mol. The van der Waals surface area contributed by atoms with E-state index in [-0.39, 0.29) is 23.3 Å². The number of amides is 1. The van der Waals surface area contributed by atoms with Gasteiger partial charge in [-0.1, -0.05) is 59.8 Å². The number of halogens is 1. The molecule has 144 valence electrons. The van der Waals surface area contributed by atoms with Gasteiger partial charge in [-0.25, -0.2) is 4.98 Å². The monoisotopic (exact) mass is 413 g/mol. The lowest BCUT2D eigenvalue weighted by molar-refractivity contribution is -0.119. The fraction of sp³-hybridized carbons (Fsp3) is 0.190.